The molecule has 0 aliphatic rings. The molecule has 0 unspecified atom stereocenters. The molecule has 0 bridgehead atoms. The van der Waals surface area contributed by atoms with Gasteiger partial charge in [0.05, 0.1) is 0 Å². The number of nitrogens with two attached hydrogens (primary N) is 1. The van der Waals surface area contributed by atoms with E-state index in [4.69, 9.17) is 5.73 Å². The molecule has 0 saturated carbocycles. The Morgan fingerprint density at radius 3 is 2.75 bits per heavy atom. The van der Waals surface area contributed by atoms with Crippen molar-refractivity contribution < 1.29 is 8.42 Å². The second-order valence-corrected chi connectivity index (χ2v) is 6.84. The Balaban J connectivity index is 2.77. The molecule has 1 heterocycles. The molecule has 0 fully saturated rings. The molecule has 0 atom stereocenters. The van der Waals surface area contributed by atoms with Gasteiger partial charge in [0, 0.05) is 32.0 Å². The van der Waals surface area contributed by atoms with Crippen LogP contribution in [0, 0.1) is 5.92 Å². The van der Waals surface area contributed by atoms with Gasteiger partial charge in [-0.3, -0.25) is 4.98 Å². The summed E-state index contributed by atoms with van der Waals surface area (Å²) in [5.41, 5.74) is 6.34. The molecule has 1 aromatic heterocycles. The summed E-state index contributed by atoms with van der Waals surface area (Å²) in [6.07, 6.45) is 3.97. The summed E-state index contributed by atoms with van der Waals surface area (Å²) in [6.45, 7) is 5.53. The quantitative estimate of drug-likeness (QED) is 0.703. The third-order valence-corrected chi connectivity index (χ3v) is 4.23. The lowest BCUT2D eigenvalue weighted by molar-refractivity contribution is 0.391. The molecular weight excluding hydrogens is 276 g/mol. The fourth-order valence-corrected chi connectivity index (χ4v) is 3.03. The van der Waals surface area contributed by atoms with Crippen LogP contribution in [0.3, 0.4) is 0 Å². The Labute approximate surface area is 121 Å². The molecular formula is C13H24N4O2S. The van der Waals surface area contributed by atoms with Gasteiger partial charge in [0.2, 0.25) is 0 Å². The smallest absolute Gasteiger partial charge is 0.279 e. The van der Waals surface area contributed by atoms with E-state index in [9.17, 15) is 8.42 Å². The molecule has 0 aromatic carbocycles. The van der Waals surface area contributed by atoms with Gasteiger partial charge in [-0.1, -0.05) is 19.9 Å². The molecule has 1 rings (SSSR count). The Morgan fingerprint density at radius 2 is 2.20 bits per heavy atom. The van der Waals surface area contributed by atoms with Crippen molar-refractivity contribution in [2.24, 2.45) is 11.7 Å². The van der Waals surface area contributed by atoms with Crippen molar-refractivity contribution in [1.82, 2.24) is 14.0 Å². The van der Waals surface area contributed by atoms with Gasteiger partial charge >= 0.3 is 0 Å². The largest absolute Gasteiger partial charge is 0.330 e. The summed E-state index contributed by atoms with van der Waals surface area (Å²) in [4.78, 5) is 4.01. The third kappa shape index (κ3) is 5.96. The first kappa shape index (κ1) is 17.0. The van der Waals surface area contributed by atoms with E-state index < -0.39 is 10.2 Å². The molecule has 20 heavy (non-hydrogen) atoms. The van der Waals surface area contributed by atoms with Crippen LogP contribution in [0.25, 0.3) is 0 Å². The fraction of sp³-hybridized carbons (Fsp3) is 0.615. The topological polar surface area (TPSA) is 88.3 Å². The maximum absolute atomic E-state index is 12.3. The Morgan fingerprint density at radius 1 is 1.45 bits per heavy atom. The zero-order valence-electron chi connectivity index (χ0n) is 12.1. The highest BCUT2D eigenvalue weighted by atomic mass is 32.2. The van der Waals surface area contributed by atoms with E-state index in [-0.39, 0.29) is 5.92 Å². The molecule has 7 heteroatoms. The number of hydrogen-bond acceptors (Lipinski definition) is 4. The summed E-state index contributed by atoms with van der Waals surface area (Å²) >= 11 is 0. The Kier molecular flexibility index (Phi) is 7.08. The highest BCUT2D eigenvalue weighted by molar-refractivity contribution is 7.87. The minimum atomic E-state index is -3.49. The SMILES string of the molecule is CC(C)CNS(=O)(=O)N(CCCN)Cc1cccnc1. The second kappa shape index (κ2) is 8.31. The van der Waals surface area contributed by atoms with Crippen molar-refractivity contribution in [2.75, 3.05) is 19.6 Å². The lowest BCUT2D eigenvalue weighted by Gasteiger charge is -2.22. The van der Waals surface area contributed by atoms with Crippen molar-refractivity contribution in [3.05, 3.63) is 30.1 Å². The minimum absolute atomic E-state index is 0.263. The van der Waals surface area contributed by atoms with Gasteiger partial charge < -0.3 is 5.73 Å². The zero-order valence-corrected chi connectivity index (χ0v) is 12.9. The van der Waals surface area contributed by atoms with Crippen molar-refractivity contribution in [3.63, 3.8) is 0 Å². The summed E-state index contributed by atoms with van der Waals surface area (Å²) in [5, 5.41) is 0. The summed E-state index contributed by atoms with van der Waals surface area (Å²) in [6, 6.07) is 3.66. The predicted octanol–water partition coefficient (Wildman–Crippen LogP) is 0.723. The molecule has 0 amide bonds. The molecule has 1 aromatic rings. The molecule has 0 radical (unpaired) electrons. The highest BCUT2D eigenvalue weighted by Crippen LogP contribution is 2.08. The fourth-order valence-electron chi connectivity index (χ4n) is 1.61. The molecule has 114 valence electrons. The van der Waals surface area contributed by atoms with Gasteiger partial charge in [0.25, 0.3) is 10.2 Å². The summed E-state index contributed by atoms with van der Waals surface area (Å²) in [7, 11) is -3.49. The van der Waals surface area contributed by atoms with Gasteiger partial charge in [0.1, 0.15) is 0 Å². The number of hydrogen-bond donors (Lipinski definition) is 2. The maximum Gasteiger partial charge on any atom is 0.279 e. The molecule has 3 N–H and O–H groups in total. The van der Waals surface area contributed by atoms with Crippen molar-refractivity contribution in [3.8, 4) is 0 Å². The first-order valence-corrected chi connectivity index (χ1v) is 8.23. The summed E-state index contributed by atoms with van der Waals surface area (Å²) < 4.78 is 28.6. The first-order chi connectivity index (χ1) is 9.45. The highest BCUT2D eigenvalue weighted by Gasteiger charge is 2.21. The van der Waals surface area contributed by atoms with E-state index in [2.05, 4.69) is 9.71 Å². The average molecular weight is 300 g/mol. The van der Waals surface area contributed by atoms with E-state index in [1.165, 1.54) is 4.31 Å². The standard InChI is InChI=1S/C13H24N4O2S/c1-12(2)9-16-20(18,19)17(8-4-6-14)11-13-5-3-7-15-10-13/h3,5,7,10,12,16H,4,6,8-9,11,14H2,1-2H3. The van der Waals surface area contributed by atoms with Crippen LogP contribution >= 0.6 is 0 Å². The van der Waals surface area contributed by atoms with Gasteiger partial charge in [-0.25, -0.2) is 4.72 Å². The van der Waals surface area contributed by atoms with Crippen LogP contribution in [0.15, 0.2) is 24.5 Å². The number of nitrogens with zero attached hydrogens (tertiary/aromatic N) is 2. The molecule has 0 saturated heterocycles. The van der Waals surface area contributed by atoms with E-state index in [0.717, 1.165) is 5.56 Å². The van der Waals surface area contributed by atoms with E-state index >= 15 is 0 Å². The summed E-state index contributed by atoms with van der Waals surface area (Å²) in [5.74, 6) is 0.263. The van der Waals surface area contributed by atoms with E-state index in [0.29, 0.717) is 32.6 Å². The van der Waals surface area contributed by atoms with Crippen LogP contribution in [-0.2, 0) is 16.8 Å². The zero-order chi connectivity index (χ0) is 15.0. The molecule has 0 aliphatic carbocycles. The lowest BCUT2D eigenvalue weighted by atomic mass is 10.2. The number of rotatable bonds is 9. The lowest BCUT2D eigenvalue weighted by Crippen LogP contribution is -2.42. The van der Waals surface area contributed by atoms with Crippen LogP contribution in [0.2, 0.25) is 0 Å². The van der Waals surface area contributed by atoms with Crippen LogP contribution in [-0.4, -0.2) is 37.3 Å². The Bertz CT molecular complexity index is 476. The van der Waals surface area contributed by atoms with Crippen LogP contribution in [0.5, 0.6) is 0 Å². The molecule has 0 spiro atoms. The predicted molar refractivity (Wildman–Crippen MR) is 80.1 cm³/mol. The van der Waals surface area contributed by atoms with Crippen LogP contribution < -0.4 is 10.5 Å². The average Bonchev–Trinajstić information content (AvgIpc) is 2.42. The number of nitrogens with one attached hydrogen (secondary N) is 1. The van der Waals surface area contributed by atoms with Gasteiger partial charge in [-0.05, 0) is 30.5 Å². The van der Waals surface area contributed by atoms with Gasteiger partial charge in [0.15, 0.2) is 0 Å². The van der Waals surface area contributed by atoms with E-state index in [1.54, 1.807) is 18.5 Å². The van der Waals surface area contributed by atoms with Crippen LogP contribution in [0.1, 0.15) is 25.8 Å². The van der Waals surface area contributed by atoms with Gasteiger partial charge in [-0.2, -0.15) is 12.7 Å². The molecule has 6 nitrogen and oxygen atoms in total. The van der Waals surface area contributed by atoms with Crippen molar-refractivity contribution in [2.45, 2.75) is 26.8 Å². The number of aromatic nitrogens is 1. The van der Waals surface area contributed by atoms with E-state index in [1.807, 2.05) is 19.9 Å². The van der Waals surface area contributed by atoms with Gasteiger partial charge in [-0.15, -0.1) is 0 Å². The second-order valence-electron chi connectivity index (χ2n) is 5.08. The van der Waals surface area contributed by atoms with Crippen molar-refractivity contribution in [1.29, 1.82) is 0 Å². The minimum Gasteiger partial charge on any atom is -0.330 e. The normalized spacial score (nSPS) is 12.2. The van der Waals surface area contributed by atoms with Crippen molar-refractivity contribution >= 4 is 10.2 Å². The Hall–Kier alpha value is -1.02. The monoisotopic (exact) mass is 300 g/mol. The first-order valence-electron chi connectivity index (χ1n) is 6.79. The maximum atomic E-state index is 12.3. The molecule has 0 aliphatic heterocycles. The van der Waals surface area contributed by atoms with Crippen LogP contribution in [0.4, 0.5) is 0 Å². The third-order valence-electron chi connectivity index (χ3n) is 2.71. The number of pyridine rings is 1.